The van der Waals surface area contributed by atoms with Crippen molar-refractivity contribution in [3.05, 3.63) is 0 Å². The van der Waals surface area contributed by atoms with Crippen LogP contribution in [0, 0.1) is 5.92 Å². The van der Waals surface area contributed by atoms with Crippen LogP contribution in [0.1, 0.15) is 0 Å². The molecular formula is C6H11NO3. The molecule has 1 fully saturated rings. The van der Waals surface area contributed by atoms with Gasteiger partial charge in [0, 0.05) is 5.92 Å². The van der Waals surface area contributed by atoms with Crippen LogP contribution in [0.15, 0.2) is 0 Å². The minimum Gasteiger partial charge on any atom is -0.468 e. The Kier molecular flexibility index (Phi) is 2.24. The average Bonchev–Trinajstić information content (AvgIpc) is 1.82. The first-order valence-corrected chi connectivity index (χ1v) is 3.17. The number of ether oxygens (including phenoxy) is 2. The summed E-state index contributed by atoms with van der Waals surface area (Å²) in [6.07, 6.45) is 0. The smallest absolute Gasteiger partial charge is 0.323 e. The maximum Gasteiger partial charge on any atom is 0.323 e. The summed E-state index contributed by atoms with van der Waals surface area (Å²) in [5, 5.41) is 0. The molecule has 58 valence electrons. The van der Waals surface area contributed by atoms with E-state index in [2.05, 4.69) is 4.74 Å². The summed E-state index contributed by atoms with van der Waals surface area (Å²) in [5.41, 5.74) is 5.48. The summed E-state index contributed by atoms with van der Waals surface area (Å²) in [5.74, 6) is -0.194. The first-order valence-electron chi connectivity index (χ1n) is 3.17. The molecule has 4 nitrogen and oxygen atoms in total. The predicted molar refractivity (Wildman–Crippen MR) is 34.3 cm³/mol. The zero-order valence-corrected chi connectivity index (χ0v) is 5.87. The minimum atomic E-state index is -0.501. The average molecular weight is 145 g/mol. The Hall–Kier alpha value is -0.610. The summed E-state index contributed by atoms with van der Waals surface area (Å²) in [4.78, 5) is 10.7. The molecule has 0 unspecified atom stereocenters. The van der Waals surface area contributed by atoms with Crippen molar-refractivity contribution in [2.24, 2.45) is 11.7 Å². The molecule has 0 aromatic rings. The van der Waals surface area contributed by atoms with Gasteiger partial charge in [-0.2, -0.15) is 0 Å². The van der Waals surface area contributed by atoms with E-state index in [-0.39, 0.29) is 11.9 Å². The third kappa shape index (κ3) is 1.27. The lowest BCUT2D eigenvalue weighted by molar-refractivity contribution is -0.149. The molecule has 1 rings (SSSR count). The molecule has 0 radical (unpaired) electrons. The summed E-state index contributed by atoms with van der Waals surface area (Å²) in [6.45, 7) is 1.16. The number of methoxy groups -OCH3 is 1. The Labute approximate surface area is 59.3 Å². The number of esters is 1. The molecule has 1 aliphatic rings. The third-order valence-electron chi connectivity index (χ3n) is 1.65. The molecule has 0 spiro atoms. The molecule has 4 heteroatoms. The van der Waals surface area contributed by atoms with Crippen LogP contribution in [-0.2, 0) is 14.3 Å². The van der Waals surface area contributed by atoms with E-state index in [9.17, 15) is 4.79 Å². The number of nitrogens with two attached hydrogens (primary N) is 1. The van der Waals surface area contributed by atoms with Crippen LogP contribution in [0.5, 0.6) is 0 Å². The Morgan fingerprint density at radius 1 is 1.80 bits per heavy atom. The summed E-state index contributed by atoms with van der Waals surface area (Å²) >= 11 is 0. The van der Waals surface area contributed by atoms with Gasteiger partial charge in [0.2, 0.25) is 0 Å². The van der Waals surface area contributed by atoms with E-state index in [1.165, 1.54) is 7.11 Å². The standard InChI is InChI=1S/C6H11NO3/c1-9-6(8)5(7)4-2-10-3-4/h4-5H,2-3,7H2,1H3/t5-/m0/s1. The quantitative estimate of drug-likeness (QED) is 0.513. The third-order valence-corrected chi connectivity index (χ3v) is 1.65. The maximum absolute atomic E-state index is 10.7. The zero-order chi connectivity index (χ0) is 7.56. The molecule has 0 aliphatic carbocycles. The van der Waals surface area contributed by atoms with Crippen LogP contribution in [0.4, 0.5) is 0 Å². The summed E-state index contributed by atoms with van der Waals surface area (Å²) in [6, 6.07) is -0.501. The van der Waals surface area contributed by atoms with Crippen molar-refractivity contribution >= 4 is 5.97 Å². The Bertz CT molecular complexity index is 133. The molecule has 0 saturated carbocycles. The fourth-order valence-corrected chi connectivity index (χ4v) is 0.790. The predicted octanol–water partition coefficient (Wildman–Crippen LogP) is -0.867. The van der Waals surface area contributed by atoms with E-state index >= 15 is 0 Å². The Morgan fingerprint density at radius 3 is 2.70 bits per heavy atom. The number of hydrogen-bond donors (Lipinski definition) is 1. The number of carbonyl (C=O) groups excluding carboxylic acids is 1. The van der Waals surface area contributed by atoms with Gasteiger partial charge in [-0.05, 0) is 0 Å². The fourth-order valence-electron chi connectivity index (χ4n) is 0.790. The number of carbonyl (C=O) groups is 1. The molecule has 0 aromatic heterocycles. The van der Waals surface area contributed by atoms with Crippen LogP contribution >= 0.6 is 0 Å². The molecular weight excluding hydrogens is 134 g/mol. The molecule has 1 heterocycles. The van der Waals surface area contributed by atoms with Gasteiger partial charge >= 0.3 is 5.97 Å². The monoisotopic (exact) mass is 145 g/mol. The Morgan fingerprint density at radius 2 is 2.40 bits per heavy atom. The molecule has 0 aromatic carbocycles. The van der Waals surface area contributed by atoms with Crippen molar-refractivity contribution in [1.82, 2.24) is 0 Å². The molecule has 0 bridgehead atoms. The van der Waals surface area contributed by atoms with Crippen molar-refractivity contribution in [2.45, 2.75) is 6.04 Å². The van der Waals surface area contributed by atoms with Gasteiger partial charge in [-0.1, -0.05) is 0 Å². The highest BCUT2D eigenvalue weighted by molar-refractivity contribution is 5.75. The van der Waals surface area contributed by atoms with Crippen LogP contribution in [-0.4, -0.2) is 32.3 Å². The van der Waals surface area contributed by atoms with E-state index < -0.39 is 6.04 Å². The SMILES string of the molecule is COC(=O)[C@@H](N)C1COC1. The van der Waals surface area contributed by atoms with Crippen LogP contribution in [0.3, 0.4) is 0 Å². The number of hydrogen-bond acceptors (Lipinski definition) is 4. The lowest BCUT2D eigenvalue weighted by Gasteiger charge is -2.29. The van der Waals surface area contributed by atoms with Gasteiger partial charge in [0.25, 0.3) is 0 Å². The molecule has 1 aliphatic heterocycles. The second-order valence-corrected chi connectivity index (χ2v) is 2.35. The summed E-state index contributed by atoms with van der Waals surface area (Å²) < 4.78 is 9.31. The van der Waals surface area contributed by atoms with E-state index in [1.54, 1.807) is 0 Å². The van der Waals surface area contributed by atoms with Gasteiger partial charge in [-0.3, -0.25) is 4.79 Å². The topological polar surface area (TPSA) is 61.5 Å². The van der Waals surface area contributed by atoms with Gasteiger partial charge in [0.15, 0.2) is 0 Å². The van der Waals surface area contributed by atoms with Crippen LogP contribution in [0.25, 0.3) is 0 Å². The largest absolute Gasteiger partial charge is 0.468 e. The molecule has 1 saturated heterocycles. The van der Waals surface area contributed by atoms with Crippen molar-refractivity contribution in [3.8, 4) is 0 Å². The van der Waals surface area contributed by atoms with Crippen molar-refractivity contribution in [1.29, 1.82) is 0 Å². The van der Waals surface area contributed by atoms with Gasteiger partial charge in [0.1, 0.15) is 6.04 Å². The van der Waals surface area contributed by atoms with E-state index in [0.29, 0.717) is 13.2 Å². The highest BCUT2D eigenvalue weighted by Gasteiger charge is 2.31. The van der Waals surface area contributed by atoms with Gasteiger partial charge in [0.05, 0.1) is 20.3 Å². The van der Waals surface area contributed by atoms with Crippen molar-refractivity contribution < 1.29 is 14.3 Å². The van der Waals surface area contributed by atoms with Gasteiger partial charge < -0.3 is 15.2 Å². The fraction of sp³-hybridized carbons (Fsp3) is 0.833. The Balaban J connectivity index is 2.31. The lowest BCUT2D eigenvalue weighted by atomic mass is 9.99. The van der Waals surface area contributed by atoms with Crippen molar-refractivity contribution in [2.75, 3.05) is 20.3 Å². The van der Waals surface area contributed by atoms with E-state index in [1.807, 2.05) is 0 Å². The minimum absolute atomic E-state index is 0.160. The van der Waals surface area contributed by atoms with Crippen LogP contribution in [0.2, 0.25) is 0 Å². The second-order valence-electron chi connectivity index (χ2n) is 2.35. The molecule has 0 amide bonds. The highest BCUT2D eigenvalue weighted by Crippen LogP contribution is 2.13. The van der Waals surface area contributed by atoms with Crippen LogP contribution < -0.4 is 5.73 Å². The molecule has 10 heavy (non-hydrogen) atoms. The first-order chi connectivity index (χ1) is 4.75. The van der Waals surface area contributed by atoms with E-state index in [0.717, 1.165) is 0 Å². The highest BCUT2D eigenvalue weighted by atomic mass is 16.5. The first kappa shape index (κ1) is 7.50. The normalized spacial score (nSPS) is 21.4. The zero-order valence-electron chi connectivity index (χ0n) is 5.87. The molecule has 1 atom stereocenters. The van der Waals surface area contributed by atoms with Crippen molar-refractivity contribution in [3.63, 3.8) is 0 Å². The second kappa shape index (κ2) is 2.98. The van der Waals surface area contributed by atoms with Gasteiger partial charge in [-0.25, -0.2) is 0 Å². The molecule has 2 N–H and O–H groups in total. The van der Waals surface area contributed by atoms with Gasteiger partial charge in [-0.15, -0.1) is 0 Å². The lowest BCUT2D eigenvalue weighted by Crippen LogP contribution is -2.48. The van der Waals surface area contributed by atoms with E-state index in [4.69, 9.17) is 10.5 Å². The maximum atomic E-state index is 10.7. The summed E-state index contributed by atoms with van der Waals surface area (Å²) in [7, 11) is 1.34. The number of rotatable bonds is 2.